The van der Waals surface area contributed by atoms with E-state index < -0.39 is 0 Å². The molecule has 5 N–H and O–H groups in total. The van der Waals surface area contributed by atoms with Crippen LogP contribution in [-0.2, 0) is 0 Å². The molecule has 0 saturated carbocycles. The number of phenols is 1. The number of nitrogens with two attached hydrogens (primary N) is 1. The number of amides is 1. The molecule has 1 amide bonds. The maximum Gasteiger partial charge on any atom is 0.267 e. The number of aromatic hydroxyl groups is 1. The molecule has 0 aliphatic rings. The van der Waals surface area contributed by atoms with Crippen molar-refractivity contribution in [2.45, 2.75) is 13.0 Å². The summed E-state index contributed by atoms with van der Waals surface area (Å²) in [4.78, 5) is 14.7. The number of carbonyl (C=O) groups is 1. The Morgan fingerprint density at radius 2 is 2.29 bits per heavy atom. The van der Waals surface area contributed by atoms with Crippen LogP contribution in [0.3, 0.4) is 0 Å². The fraction of sp³-hybridized carbons (Fsp3) is 0.250. The molecule has 0 bridgehead atoms. The minimum atomic E-state index is -0.196. The van der Waals surface area contributed by atoms with Crippen molar-refractivity contribution in [2.24, 2.45) is 5.73 Å². The first kappa shape index (κ1) is 11.5. The van der Waals surface area contributed by atoms with Crippen LogP contribution >= 0.6 is 0 Å². The van der Waals surface area contributed by atoms with Crippen LogP contribution < -0.4 is 11.1 Å². The van der Waals surface area contributed by atoms with Gasteiger partial charge in [0, 0.05) is 23.5 Å². The van der Waals surface area contributed by atoms with Gasteiger partial charge in [-0.1, -0.05) is 0 Å². The van der Waals surface area contributed by atoms with E-state index in [0.29, 0.717) is 12.2 Å². The van der Waals surface area contributed by atoms with Crippen LogP contribution in [0.4, 0.5) is 0 Å². The number of rotatable bonds is 3. The Morgan fingerprint density at radius 1 is 1.53 bits per heavy atom. The second kappa shape index (κ2) is 4.47. The Balaban J connectivity index is 2.21. The lowest BCUT2D eigenvalue weighted by molar-refractivity contribution is 0.0947. The maximum absolute atomic E-state index is 11.7. The Kier molecular flexibility index (Phi) is 3.01. The van der Waals surface area contributed by atoms with Gasteiger partial charge in [0.15, 0.2) is 0 Å². The number of phenolic OH excluding ortho intramolecular Hbond substituents is 1. The lowest BCUT2D eigenvalue weighted by atomic mass is 10.2. The first-order valence-electron chi connectivity index (χ1n) is 5.42. The summed E-state index contributed by atoms with van der Waals surface area (Å²) >= 11 is 0. The van der Waals surface area contributed by atoms with Gasteiger partial charge in [-0.05, 0) is 31.2 Å². The third-order valence-electron chi connectivity index (χ3n) is 2.43. The first-order chi connectivity index (χ1) is 8.06. The molecule has 1 heterocycles. The van der Waals surface area contributed by atoms with Crippen molar-refractivity contribution >= 4 is 16.8 Å². The van der Waals surface area contributed by atoms with Crippen LogP contribution in [0.25, 0.3) is 10.9 Å². The summed E-state index contributed by atoms with van der Waals surface area (Å²) in [5.74, 6) is -0.0166. The molecule has 0 fully saturated rings. The SMILES string of the molecule is CC(N)CNC(=O)c1cc2cc(O)ccc2[nH]1. The number of aromatic nitrogens is 1. The molecule has 0 spiro atoms. The van der Waals surface area contributed by atoms with Gasteiger partial charge < -0.3 is 21.1 Å². The molecule has 1 atom stereocenters. The summed E-state index contributed by atoms with van der Waals surface area (Å²) in [6, 6.07) is 6.53. The molecule has 5 nitrogen and oxygen atoms in total. The quantitative estimate of drug-likeness (QED) is 0.636. The molecule has 90 valence electrons. The number of nitrogens with one attached hydrogen (secondary N) is 2. The summed E-state index contributed by atoms with van der Waals surface area (Å²) in [5.41, 5.74) is 6.83. The molecule has 2 rings (SSSR count). The smallest absolute Gasteiger partial charge is 0.267 e. The van der Waals surface area contributed by atoms with Crippen LogP contribution in [0.1, 0.15) is 17.4 Å². The van der Waals surface area contributed by atoms with E-state index in [2.05, 4.69) is 10.3 Å². The molecule has 1 aromatic heterocycles. The molecule has 17 heavy (non-hydrogen) atoms. The Labute approximate surface area is 98.6 Å². The predicted molar refractivity (Wildman–Crippen MR) is 65.9 cm³/mol. The van der Waals surface area contributed by atoms with Gasteiger partial charge in [-0.25, -0.2) is 0 Å². The zero-order valence-electron chi connectivity index (χ0n) is 9.53. The third-order valence-corrected chi connectivity index (χ3v) is 2.43. The minimum absolute atomic E-state index is 0.0765. The molecular formula is C12H15N3O2. The number of carbonyl (C=O) groups excluding carboxylic acids is 1. The minimum Gasteiger partial charge on any atom is -0.508 e. The molecule has 5 heteroatoms. The zero-order valence-corrected chi connectivity index (χ0v) is 9.53. The van der Waals surface area contributed by atoms with Gasteiger partial charge in [-0.3, -0.25) is 4.79 Å². The van der Waals surface area contributed by atoms with Crippen molar-refractivity contribution in [3.8, 4) is 5.75 Å². The summed E-state index contributed by atoms with van der Waals surface area (Å²) < 4.78 is 0. The van der Waals surface area contributed by atoms with E-state index in [1.807, 2.05) is 6.92 Å². The summed E-state index contributed by atoms with van der Waals surface area (Å²) in [5, 5.41) is 12.8. The van der Waals surface area contributed by atoms with Gasteiger partial charge in [0.2, 0.25) is 0 Å². The normalized spacial score (nSPS) is 12.6. The Bertz CT molecular complexity index is 546. The first-order valence-corrected chi connectivity index (χ1v) is 5.42. The van der Waals surface area contributed by atoms with Crippen molar-refractivity contribution in [1.29, 1.82) is 0 Å². The number of fused-ring (bicyclic) bond motifs is 1. The van der Waals surface area contributed by atoms with E-state index in [4.69, 9.17) is 5.73 Å². The van der Waals surface area contributed by atoms with Crippen molar-refractivity contribution in [3.05, 3.63) is 30.0 Å². The highest BCUT2D eigenvalue weighted by molar-refractivity contribution is 5.98. The van der Waals surface area contributed by atoms with E-state index in [1.54, 1.807) is 24.3 Å². The monoisotopic (exact) mass is 233 g/mol. The summed E-state index contributed by atoms with van der Waals surface area (Å²) in [6.45, 7) is 2.25. The molecule has 0 aliphatic heterocycles. The second-order valence-corrected chi connectivity index (χ2v) is 4.14. The molecule has 0 saturated heterocycles. The number of hydrogen-bond acceptors (Lipinski definition) is 3. The topological polar surface area (TPSA) is 91.1 Å². The van der Waals surface area contributed by atoms with Gasteiger partial charge in [-0.15, -0.1) is 0 Å². The number of aromatic amines is 1. The van der Waals surface area contributed by atoms with Gasteiger partial charge in [0.1, 0.15) is 11.4 Å². The third kappa shape index (κ3) is 2.57. The average molecular weight is 233 g/mol. The van der Waals surface area contributed by atoms with Gasteiger partial charge >= 0.3 is 0 Å². The molecule has 0 aliphatic carbocycles. The highest BCUT2D eigenvalue weighted by Gasteiger charge is 2.09. The van der Waals surface area contributed by atoms with Crippen LogP contribution in [-0.4, -0.2) is 28.6 Å². The predicted octanol–water partition coefficient (Wildman–Crippen LogP) is 0.950. The molecular weight excluding hydrogens is 218 g/mol. The highest BCUT2D eigenvalue weighted by Crippen LogP contribution is 2.20. The molecule has 2 aromatic rings. The summed E-state index contributed by atoms with van der Waals surface area (Å²) in [6.07, 6.45) is 0. The number of H-pyrrole nitrogens is 1. The van der Waals surface area contributed by atoms with Crippen LogP contribution in [0.2, 0.25) is 0 Å². The van der Waals surface area contributed by atoms with Crippen LogP contribution in [0, 0.1) is 0 Å². The second-order valence-electron chi connectivity index (χ2n) is 4.14. The van der Waals surface area contributed by atoms with E-state index in [1.165, 1.54) is 0 Å². The Morgan fingerprint density at radius 3 is 3.00 bits per heavy atom. The molecule has 1 aromatic carbocycles. The van der Waals surface area contributed by atoms with E-state index in [-0.39, 0.29) is 17.7 Å². The van der Waals surface area contributed by atoms with Crippen molar-refractivity contribution in [2.75, 3.05) is 6.54 Å². The number of hydrogen-bond donors (Lipinski definition) is 4. The molecule has 1 unspecified atom stereocenters. The highest BCUT2D eigenvalue weighted by atomic mass is 16.3. The fourth-order valence-corrected chi connectivity index (χ4v) is 1.59. The largest absolute Gasteiger partial charge is 0.508 e. The number of benzene rings is 1. The molecule has 0 radical (unpaired) electrons. The van der Waals surface area contributed by atoms with Crippen LogP contribution in [0.15, 0.2) is 24.3 Å². The Hall–Kier alpha value is -2.01. The van der Waals surface area contributed by atoms with Crippen LogP contribution in [0.5, 0.6) is 5.75 Å². The van der Waals surface area contributed by atoms with E-state index in [9.17, 15) is 9.90 Å². The maximum atomic E-state index is 11.7. The van der Waals surface area contributed by atoms with Crippen molar-refractivity contribution in [1.82, 2.24) is 10.3 Å². The lowest BCUT2D eigenvalue weighted by Crippen LogP contribution is -2.35. The van der Waals surface area contributed by atoms with E-state index >= 15 is 0 Å². The van der Waals surface area contributed by atoms with Crippen molar-refractivity contribution < 1.29 is 9.90 Å². The fourth-order valence-electron chi connectivity index (χ4n) is 1.59. The van der Waals surface area contributed by atoms with Gasteiger partial charge in [0.25, 0.3) is 5.91 Å². The zero-order chi connectivity index (χ0) is 12.4. The average Bonchev–Trinajstić information content (AvgIpc) is 2.68. The summed E-state index contributed by atoms with van der Waals surface area (Å²) in [7, 11) is 0. The van der Waals surface area contributed by atoms with Gasteiger partial charge in [0.05, 0.1) is 0 Å². The van der Waals surface area contributed by atoms with Gasteiger partial charge in [-0.2, -0.15) is 0 Å². The van der Waals surface area contributed by atoms with Crippen molar-refractivity contribution in [3.63, 3.8) is 0 Å². The standard InChI is InChI=1S/C12H15N3O2/c1-7(13)6-14-12(17)11-5-8-4-9(16)2-3-10(8)15-11/h2-5,7,15-16H,6,13H2,1H3,(H,14,17). The lowest BCUT2D eigenvalue weighted by Gasteiger charge is -2.05. The van der Waals surface area contributed by atoms with E-state index in [0.717, 1.165) is 10.9 Å².